The van der Waals surface area contributed by atoms with Crippen molar-refractivity contribution in [3.63, 3.8) is 0 Å². The molecule has 0 fully saturated rings. The van der Waals surface area contributed by atoms with E-state index in [4.69, 9.17) is 19.4 Å². The van der Waals surface area contributed by atoms with Gasteiger partial charge >= 0.3 is 0 Å². The van der Waals surface area contributed by atoms with Crippen LogP contribution in [0.25, 0.3) is 55.5 Å². The number of unbranched alkanes of at least 4 members (excludes halogenated alkanes) is 4. The third kappa shape index (κ3) is 9.13. The van der Waals surface area contributed by atoms with Gasteiger partial charge in [-0.05, 0) is 124 Å². The Hall–Kier alpha value is -6.26. The second-order valence-corrected chi connectivity index (χ2v) is 15.6. The monoisotopic (exact) mass is 788 g/mol. The Balaban J connectivity index is 0.745. The van der Waals surface area contributed by atoms with Crippen molar-refractivity contribution < 1.29 is 14.3 Å². The fourth-order valence-corrected chi connectivity index (χ4v) is 7.83. The predicted octanol–water partition coefficient (Wildman–Crippen LogP) is 11.1. The molecule has 0 atom stereocenters. The minimum absolute atomic E-state index is 0.109. The number of amides is 1. The van der Waals surface area contributed by atoms with E-state index in [1.165, 1.54) is 11.1 Å². The van der Waals surface area contributed by atoms with Crippen molar-refractivity contribution in [3.05, 3.63) is 138 Å². The average molecular weight is 789 g/mol. The first-order valence-electron chi connectivity index (χ1n) is 20.2. The van der Waals surface area contributed by atoms with Gasteiger partial charge in [-0.3, -0.25) is 18.9 Å². The number of aryl methyl sites for hydroxylation is 2. The van der Waals surface area contributed by atoms with Crippen molar-refractivity contribution in [2.45, 2.75) is 58.8 Å². The zero-order valence-electron chi connectivity index (χ0n) is 33.1. The third-order valence-corrected chi connectivity index (χ3v) is 11.1. The Morgan fingerprint density at radius 1 is 0.655 bits per heavy atom. The van der Waals surface area contributed by atoms with Crippen LogP contribution in [0.4, 0.5) is 0 Å². The number of pyridine rings is 1. The van der Waals surface area contributed by atoms with E-state index < -0.39 is 0 Å². The van der Waals surface area contributed by atoms with E-state index in [0.29, 0.717) is 26.2 Å². The highest BCUT2D eigenvalue weighted by atomic mass is 32.1. The van der Waals surface area contributed by atoms with Gasteiger partial charge in [-0.15, -0.1) is 11.3 Å². The van der Waals surface area contributed by atoms with Gasteiger partial charge < -0.3 is 14.8 Å². The molecule has 0 spiro atoms. The van der Waals surface area contributed by atoms with Gasteiger partial charge in [0.2, 0.25) is 5.91 Å². The van der Waals surface area contributed by atoms with E-state index in [2.05, 4.69) is 111 Å². The summed E-state index contributed by atoms with van der Waals surface area (Å²) in [5.74, 6) is 3.52. The van der Waals surface area contributed by atoms with Gasteiger partial charge in [-0.2, -0.15) is 0 Å². The number of aromatic nitrogens is 5. The maximum absolute atomic E-state index is 12.5. The molecular formula is C48H48N6O3S. The highest BCUT2D eigenvalue weighted by Gasteiger charge is 2.17. The number of nitrogens with one attached hydrogen (secondary N) is 1. The van der Waals surface area contributed by atoms with Gasteiger partial charge in [0.05, 0.1) is 40.2 Å². The lowest BCUT2D eigenvalue weighted by Crippen LogP contribution is -2.24. The lowest BCUT2D eigenvalue weighted by atomic mass is 10.2. The standard InChI is InChI=1S/C48H48N6O3S/c1-34-14-18-37(19-15-34)53-43-31-39(22-24-41(43)51-47(53)36-11-9-26-49-33-36)57-29-8-4-6-27-50-46(55)13-5-3-7-28-56-40-23-25-42-44(32-40)54(38-20-16-35(2)17-21-38)48(52-42)45-12-10-30-58-45/h9-12,14-26,30-33H,3-8,13,27-29H2,1-2H3,(H,50,55). The summed E-state index contributed by atoms with van der Waals surface area (Å²) in [4.78, 5) is 27.9. The number of thiophene rings is 1. The van der Waals surface area contributed by atoms with Gasteiger partial charge in [0.25, 0.3) is 0 Å². The van der Waals surface area contributed by atoms with Crippen molar-refractivity contribution >= 4 is 39.3 Å². The molecule has 4 aromatic carbocycles. The normalized spacial score (nSPS) is 11.3. The van der Waals surface area contributed by atoms with Crippen LogP contribution in [-0.2, 0) is 4.79 Å². The van der Waals surface area contributed by atoms with Gasteiger partial charge in [-0.1, -0.05) is 41.5 Å². The molecule has 8 aromatic rings. The van der Waals surface area contributed by atoms with Gasteiger partial charge in [-0.25, -0.2) is 9.97 Å². The average Bonchev–Trinajstić information content (AvgIpc) is 4.01. The number of carbonyl (C=O) groups is 1. The molecule has 4 heterocycles. The van der Waals surface area contributed by atoms with Crippen molar-refractivity contribution in [2.24, 2.45) is 0 Å². The number of fused-ring (bicyclic) bond motifs is 2. The number of carbonyl (C=O) groups excluding carboxylic acids is 1. The molecule has 1 N–H and O–H groups in total. The molecular weight excluding hydrogens is 741 g/mol. The molecule has 1 amide bonds. The molecule has 294 valence electrons. The molecule has 58 heavy (non-hydrogen) atoms. The van der Waals surface area contributed by atoms with Gasteiger partial charge in [0, 0.05) is 54.4 Å². The minimum Gasteiger partial charge on any atom is -0.494 e. The van der Waals surface area contributed by atoms with Crippen molar-refractivity contribution in [3.8, 4) is 45.0 Å². The SMILES string of the molecule is Cc1ccc(-n2c(-c3cccnc3)nc3ccc(OCCCCCNC(=O)CCCCCOc4ccc5nc(-c6cccs6)n(-c6ccc(C)cc6)c5c4)cc32)cc1. The maximum atomic E-state index is 12.5. The Morgan fingerprint density at radius 2 is 1.26 bits per heavy atom. The largest absolute Gasteiger partial charge is 0.494 e. The predicted molar refractivity (Wildman–Crippen MR) is 234 cm³/mol. The number of nitrogens with zero attached hydrogens (tertiary/aromatic N) is 5. The summed E-state index contributed by atoms with van der Waals surface area (Å²) >= 11 is 1.69. The number of imidazole rings is 2. The summed E-state index contributed by atoms with van der Waals surface area (Å²) in [6, 6.07) is 37.3. The number of benzene rings is 4. The Labute approximate surface area is 343 Å². The van der Waals surface area contributed by atoms with E-state index in [9.17, 15) is 4.79 Å². The first-order valence-corrected chi connectivity index (χ1v) is 21.0. The number of hydrogen-bond donors (Lipinski definition) is 1. The van der Waals surface area contributed by atoms with Gasteiger partial charge in [0.15, 0.2) is 5.82 Å². The summed E-state index contributed by atoms with van der Waals surface area (Å²) in [5.41, 5.74) is 9.33. The van der Waals surface area contributed by atoms with Crippen LogP contribution in [0.2, 0.25) is 0 Å². The first kappa shape index (κ1) is 38.6. The van der Waals surface area contributed by atoms with Crippen LogP contribution in [0.3, 0.4) is 0 Å². The smallest absolute Gasteiger partial charge is 0.219 e. The molecule has 4 aromatic heterocycles. The van der Waals surface area contributed by atoms with Gasteiger partial charge in [0.1, 0.15) is 17.3 Å². The van der Waals surface area contributed by atoms with E-state index in [0.717, 1.165) is 106 Å². The topological polar surface area (TPSA) is 96.1 Å². The van der Waals surface area contributed by atoms with E-state index in [1.807, 2.05) is 42.6 Å². The lowest BCUT2D eigenvalue weighted by Gasteiger charge is -2.11. The van der Waals surface area contributed by atoms with Crippen LogP contribution >= 0.6 is 11.3 Å². The number of ether oxygens (including phenoxy) is 2. The Kier molecular flexibility index (Phi) is 12.2. The summed E-state index contributed by atoms with van der Waals surface area (Å²) in [6.45, 7) is 6.07. The lowest BCUT2D eigenvalue weighted by molar-refractivity contribution is -0.121. The van der Waals surface area contributed by atoms with Crippen molar-refractivity contribution in [1.82, 2.24) is 29.4 Å². The molecule has 0 unspecified atom stereocenters. The Bertz CT molecular complexity index is 2580. The summed E-state index contributed by atoms with van der Waals surface area (Å²) in [5, 5.41) is 5.17. The highest BCUT2D eigenvalue weighted by Crippen LogP contribution is 2.34. The molecule has 10 heteroatoms. The first-order chi connectivity index (χ1) is 28.5. The second-order valence-electron chi connectivity index (χ2n) is 14.7. The van der Waals surface area contributed by atoms with Crippen LogP contribution in [0.1, 0.15) is 56.1 Å². The van der Waals surface area contributed by atoms with Crippen molar-refractivity contribution in [1.29, 1.82) is 0 Å². The molecule has 0 saturated heterocycles. The molecule has 0 bridgehead atoms. The van der Waals surface area contributed by atoms with Crippen LogP contribution < -0.4 is 14.8 Å². The number of hydrogen-bond acceptors (Lipinski definition) is 7. The molecule has 9 nitrogen and oxygen atoms in total. The second kappa shape index (κ2) is 18.3. The fourth-order valence-electron chi connectivity index (χ4n) is 7.12. The molecule has 0 aliphatic heterocycles. The van der Waals surface area contributed by atoms with Crippen LogP contribution in [0.15, 0.2) is 127 Å². The summed E-state index contributed by atoms with van der Waals surface area (Å²) in [7, 11) is 0. The zero-order chi connectivity index (χ0) is 39.7. The molecule has 0 aliphatic rings. The van der Waals surface area contributed by atoms with E-state index in [1.54, 1.807) is 17.5 Å². The van der Waals surface area contributed by atoms with Crippen molar-refractivity contribution in [2.75, 3.05) is 19.8 Å². The van der Waals surface area contributed by atoms with Crippen LogP contribution in [-0.4, -0.2) is 49.8 Å². The quantitative estimate of drug-likeness (QED) is 0.0870. The minimum atomic E-state index is 0.109. The molecule has 0 radical (unpaired) electrons. The Morgan fingerprint density at radius 3 is 1.84 bits per heavy atom. The maximum Gasteiger partial charge on any atom is 0.219 e. The summed E-state index contributed by atoms with van der Waals surface area (Å²) in [6.07, 6.45) is 9.59. The van der Waals surface area contributed by atoms with Crippen LogP contribution in [0.5, 0.6) is 11.5 Å². The molecule has 8 rings (SSSR count). The summed E-state index contributed by atoms with van der Waals surface area (Å²) < 4.78 is 16.7. The van der Waals surface area contributed by atoms with E-state index in [-0.39, 0.29) is 5.91 Å². The zero-order valence-corrected chi connectivity index (χ0v) is 33.9. The van der Waals surface area contributed by atoms with E-state index >= 15 is 0 Å². The highest BCUT2D eigenvalue weighted by molar-refractivity contribution is 7.13. The molecule has 0 saturated carbocycles. The van der Waals surface area contributed by atoms with Crippen LogP contribution in [0, 0.1) is 13.8 Å². The fraction of sp³-hybridized carbons (Fsp3) is 0.250. The number of rotatable bonds is 18. The molecule has 0 aliphatic carbocycles. The third-order valence-electron chi connectivity index (χ3n) is 10.2.